The van der Waals surface area contributed by atoms with Crippen LogP contribution in [0.5, 0.6) is 0 Å². The number of aliphatic hydroxyl groups excluding tert-OH is 2. The van der Waals surface area contributed by atoms with Gasteiger partial charge in [0.2, 0.25) is 7.57 Å². The van der Waals surface area contributed by atoms with E-state index in [1.54, 1.807) is 42.5 Å². The second kappa shape index (κ2) is 11.0. The van der Waals surface area contributed by atoms with E-state index in [1.165, 1.54) is 14.5 Å². The van der Waals surface area contributed by atoms with Gasteiger partial charge in [-0.3, -0.25) is 9.09 Å². The molecule has 0 aromatic rings. The summed E-state index contributed by atoms with van der Waals surface area (Å²) in [6.45, 7) is 13.5. The number of ether oxygens (including phenoxy) is 1. The maximum Gasteiger partial charge on any atom is 0.359 e. The molecule has 0 spiro atoms. The molecule has 34 heavy (non-hydrogen) atoms. The molecular weight excluding hydrogens is 480 g/mol. The molecule has 1 heterocycles. The Morgan fingerprint density at radius 2 is 1.44 bits per heavy atom. The Kier molecular flexibility index (Phi) is 10.4. The van der Waals surface area contributed by atoms with Crippen molar-refractivity contribution < 1.29 is 43.1 Å². The average Bonchev–Trinajstić information content (AvgIpc) is 2.97. The molecule has 13 heteroatoms. The van der Waals surface area contributed by atoms with Gasteiger partial charge < -0.3 is 34.0 Å². The molecule has 0 amide bonds. The van der Waals surface area contributed by atoms with Crippen molar-refractivity contribution >= 4 is 30.3 Å². The monoisotopic (exact) mass is 526 g/mol. The number of rotatable bonds is 13. The van der Waals surface area contributed by atoms with E-state index in [0.29, 0.717) is 12.8 Å². The predicted molar refractivity (Wildman–Crippen MR) is 139 cm³/mol. The summed E-state index contributed by atoms with van der Waals surface area (Å²) in [7, 11) is -4.92. The minimum absolute atomic E-state index is 0.00555. The van der Waals surface area contributed by atoms with Crippen molar-refractivity contribution in [2.45, 2.75) is 134 Å². The van der Waals surface area contributed by atoms with E-state index in [9.17, 15) is 29.3 Å². The smallest absolute Gasteiger partial charge is 0.359 e. The van der Waals surface area contributed by atoms with E-state index in [-0.39, 0.29) is 19.3 Å². The molecule has 0 aromatic heterocycles. The van der Waals surface area contributed by atoms with Gasteiger partial charge in [0.25, 0.3) is 0 Å². The normalized spacial score (nSPS) is 34.1. The molecule has 1 aliphatic rings. The lowest BCUT2D eigenvalue weighted by Gasteiger charge is -2.51. The standard InChI is InChI=1S/C21H46B2O9P2/c1-9-18(5,13-14-15(24)16(25)17(22)30-14)31-33(23,27)20(7,11-3)19(6,10-2)32-34(28,29)21(8,26)12-4/h14-17,24-26H,9-13,22-23H2,1-8H3,(H,28,29)/t14-,15-,16-,17-,18?,19?,20?,21?,33?/m1/s1. The van der Waals surface area contributed by atoms with Crippen molar-refractivity contribution in [2.24, 2.45) is 0 Å². The Labute approximate surface area is 207 Å². The maximum absolute atomic E-state index is 14.3. The molecule has 0 bridgehead atoms. The maximum atomic E-state index is 14.3. The van der Waals surface area contributed by atoms with Crippen LogP contribution in [-0.2, 0) is 22.9 Å². The molecular formula is C21H46B2O9P2. The van der Waals surface area contributed by atoms with Gasteiger partial charge >= 0.3 is 7.60 Å². The van der Waals surface area contributed by atoms with Crippen LogP contribution in [0.4, 0.5) is 0 Å². The Morgan fingerprint density at radius 3 is 1.79 bits per heavy atom. The van der Waals surface area contributed by atoms with Gasteiger partial charge in [-0.15, -0.1) is 0 Å². The van der Waals surface area contributed by atoms with Crippen LogP contribution in [0, 0.1) is 0 Å². The third-order valence-corrected chi connectivity index (χ3v) is 13.9. The fraction of sp³-hybridized carbons (Fsp3) is 1.00. The summed E-state index contributed by atoms with van der Waals surface area (Å²) in [5.74, 6) is 0. The highest BCUT2D eigenvalue weighted by molar-refractivity contribution is 7.84. The minimum atomic E-state index is -4.52. The highest BCUT2D eigenvalue weighted by Crippen LogP contribution is 2.69. The van der Waals surface area contributed by atoms with Crippen molar-refractivity contribution in [1.29, 1.82) is 0 Å². The van der Waals surface area contributed by atoms with Crippen LogP contribution in [0.1, 0.15) is 87.5 Å². The SMILES string of the molecule is B[C@@H]1O[C@H](CC(C)(CC)OP(B)(=O)C(C)(CC)C(C)(CC)OP(=O)(O)C(C)(O)CC)[C@@H](O)[C@H]1O. The predicted octanol–water partition coefficient (Wildman–Crippen LogP) is 2.13. The molecule has 0 aliphatic carbocycles. The Balaban J connectivity index is 3.35. The van der Waals surface area contributed by atoms with Crippen LogP contribution in [-0.4, -0.2) is 81.6 Å². The highest BCUT2D eigenvalue weighted by Gasteiger charge is 2.59. The number of hydrogen-bond acceptors (Lipinski definition) is 8. The molecule has 9 nitrogen and oxygen atoms in total. The van der Waals surface area contributed by atoms with Gasteiger partial charge in [0.15, 0.2) is 12.6 Å². The van der Waals surface area contributed by atoms with Crippen molar-refractivity contribution in [3.05, 3.63) is 0 Å². The van der Waals surface area contributed by atoms with Gasteiger partial charge in [-0.25, -0.2) is 0 Å². The van der Waals surface area contributed by atoms with Crippen molar-refractivity contribution in [3.63, 3.8) is 0 Å². The summed E-state index contributed by atoms with van der Waals surface area (Å²) in [5.41, 5.74) is -2.33. The molecule has 1 aliphatic heterocycles. The molecule has 1 rings (SSSR count). The molecule has 0 radical (unpaired) electrons. The zero-order valence-corrected chi connectivity index (χ0v) is 24.4. The third kappa shape index (κ3) is 6.06. The Hall–Kier alpha value is 0.310. The topological polar surface area (TPSA) is 143 Å². The van der Waals surface area contributed by atoms with E-state index in [0.717, 1.165) is 0 Å². The molecule has 4 N–H and O–H groups in total. The summed E-state index contributed by atoms with van der Waals surface area (Å²) in [4.78, 5) is 10.7. The second-order valence-electron chi connectivity index (χ2n) is 10.7. The third-order valence-electron chi connectivity index (χ3n) is 8.38. The van der Waals surface area contributed by atoms with Crippen LogP contribution in [0.3, 0.4) is 0 Å². The van der Waals surface area contributed by atoms with Gasteiger partial charge in [0.1, 0.15) is 20.1 Å². The molecule has 10 atom stereocenters. The lowest BCUT2D eigenvalue weighted by atomic mass is 9.85. The highest BCUT2D eigenvalue weighted by atomic mass is 31.2. The van der Waals surface area contributed by atoms with Crippen LogP contribution >= 0.6 is 14.8 Å². The van der Waals surface area contributed by atoms with Gasteiger partial charge in [-0.1, -0.05) is 27.7 Å². The van der Waals surface area contributed by atoms with Crippen molar-refractivity contribution in [1.82, 2.24) is 0 Å². The van der Waals surface area contributed by atoms with Gasteiger partial charge in [0, 0.05) is 6.42 Å². The fourth-order valence-corrected chi connectivity index (χ4v) is 8.93. The molecule has 1 saturated heterocycles. The summed E-state index contributed by atoms with van der Waals surface area (Å²) >= 11 is 0. The summed E-state index contributed by atoms with van der Waals surface area (Å²) in [5, 5.41) is 27.8. The number of hydrogen-bond donors (Lipinski definition) is 4. The van der Waals surface area contributed by atoms with Crippen molar-refractivity contribution in [2.75, 3.05) is 0 Å². The van der Waals surface area contributed by atoms with E-state index in [4.69, 9.17) is 13.8 Å². The van der Waals surface area contributed by atoms with Crippen LogP contribution in [0.25, 0.3) is 0 Å². The van der Waals surface area contributed by atoms with E-state index >= 15 is 0 Å². The first-order valence-corrected chi connectivity index (χ1v) is 15.9. The lowest BCUT2D eigenvalue weighted by Crippen LogP contribution is -2.53. The second-order valence-corrected chi connectivity index (χ2v) is 15.7. The number of aliphatic hydroxyl groups is 3. The first kappa shape index (κ1) is 32.3. The van der Waals surface area contributed by atoms with Crippen LogP contribution in [0.2, 0.25) is 0 Å². The summed E-state index contributed by atoms with van der Waals surface area (Å²) < 4.78 is 45.3. The van der Waals surface area contributed by atoms with Crippen LogP contribution in [0.15, 0.2) is 0 Å². The quantitative estimate of drug-likeness (QED) is 0.210. The molecule has 0 saturated carbocycles. The Bertz CT molecular complexity index is 800. The van der Waals surface area contributed by atoms with E-state index < -0.39 is 60.9 Å². The van der Waals surface area contributed by atoms with Gasteiger partial charge in [-0.2, -0.15) is 0 Å². The Morgan fingerprint density at radius 1 is 0.912 bits per heavy atom. The van der Waals surface area contributed by atoms with Crippen LogP contribution < -0.4 is 0 Å². The molecule has 200 valence electrons. The summed E-state index contributed by atoms with van der Waals surface area (Å²) in [6.07, 6.45) is -1.55. The van der Waals surface area contributed by atoms with Crippen molar-refractivity contribution in [3.8, 4) is 0 Å². The summed E-state index contributed by atoms with van der Waals surface area (Å²) in [6, 6.07) is -0.530. The molecule has 6 unspecified atom stereocenters. The zero-order valence-electron chi connectivity index (χ0n) is 22.6. The minimum Gasteiger partial charge on any atom is -0.388 e. The first-order chi connectivity index (χ1) is 15.2. The molecule has 1 fully saturated rings. The lowest BCUT2D eigenvalue weighted by molar-refractivity contribution is -0.0386. The van der Waals surface area contributed by atoms with Gasteiger partial charge in [-0.05, 0) is 53.4 Å². The largest absolute Gasteiger partial charge is 0.388 e. The van der Waals surface area contributed by atoms with E-state index in [1.807, 2.05) is 13.8 Å². The average molecular weight is 526 g/mol. The first-order valence-electron chi connectivity index (χ1n) is 12.3. The fourth-order valence-electron chi connectivity index (χ4n) is 4.50. The zero-order chi connectivity index (χ0) is 27.0. The van der Waals surface area contributed by atoms with E-state index in [2.05, 4.69) is 0 Å². The molecule has 0 aromatic carbocycles. The van der Waals surface area contributed by atoms with Gasteiger partial charge in [0.05, 0.1) is 28.5 Å².